The quantitative estimate of drug-likeness (QED) is 0.344. The van der Waals surface area contributed by atoms with Gasteiger partial charge in [0.2, 0.25) is 15.9 Å². The fourth-order valence-corrected chi connectivity index (χ4v) is 4.63. The molecule has 0 aromatic heterocycles. The average Bonchev–Trinajstić information content (AvgIpc) is 2.76. The van der Waals surface area contributed by atoms with Crippen LogP contribution in [-0.4, -0.2) is 77.8 Å². The fraction of sp³-hybridized carbons (Fsp3) is 0.364. The van der Waals surface area contributed by atoms with E-state index in [1.807, 2.05) is 0 Å². The third-order valence-electron chi connectivity index (χ3n) is 4.89. The molecule has 0 aliphatic carbocycles. The second-order valence-corrected chi connectivity index (χ2v) is 11.7. The average molecular weight is 497 g/mol. The molecule has 2 aromatic rings. The SMILES string of the molecule is CC(=O)c1ccc(S(=O)(=O)N(C)CC(=O)N(C)CCCOc2cccc(S(C)(=O)=O)c2)cc1. The fourth-order valence-electron chi connectivity index (χ4n) is 2.85. The zero-order valence-electron chi connectivity index (χ0n) is 19.0. The van der Waals surface area contributed by atoms with Gasteiger partial charge in [-0.3, -0.25) is 9.59 Å². The largest absolute Gasteiger partial charge is 0.493 e. The maximum absolute atomic E-state index is 12.7. The van der Waals surface area contributed by atoms with Gasteiger partial charge >= 0.3 is 0 Å². The maximum Gasteiger partial charge on any atom is 0.243 e. The first-order valence-electron chi connectivity index (χ1n) is 10.1. The summed E-state index contributed by atoms with van der Waals surface area (Å²) in [4.78, 5) is 25.4. The summed E-state index contributed by atoms with van der Waals surface area (Å²) >= 11 is 0. The van der Waals surface area contributed by atoms with Gasteiger partial charge in [-0.2, -0.15) is 4.31 Å². The van der Waals surface area contributed by atoms with Crippen molar-refractivity contribution in [1.82, 2.24) is 9.21 Å². The Morgan fingerprint density at radius 2 is 1.58 bits per heavy atom. The van der Waals surface area contributed by atoms with Crippen molar-refractivity contribution in [2.24, 2.45) is 0 Å². The van der Waals surface area contributed by atoms with E-state index in [9.17, 15) is 26.4 Å². The lowest BCUT2D eigenvalue weighted by Gasteiger charge is -2.22. The van der Waals surface area contributed by atoms with E-state index in [0.717, 1.165) is 10.6 Å². The summed E-state index contributed by atoms with van der Waals surface area (Å²) in [7, 11) is -4.34. The van der Waals surface area contributed by atoms with Gasteiger partial charge in [-0.15, -0.1) is 0 Å². The number of likely N-dealkylation sites (N-methyl/N-ethyl adjacent to an activating group) is 2. The molecule has 0 aliphatic rings. The highest BCUT2D eigenvalue weighted by Gasteiger charge is 2.24. The number of rotatable bonds is 11. The molecule has 180 valence electrons. The van der Waals surface area contributed by atoms with Crippen molar-refractivity contribution in [1.29, 1.82) is 0 Å². The summed E-state index contributed by atoms with van der Waals surface area (Å²) in [5, 5.41) is 0. The van der Waals surface area contributed by atoms with Crippen LogP contribution in [0.1, 0.15) is 23.7 Å². The molecule has 1 amide bonds. The number of sulfone groups is 1. The van der Waals surface area contributed by atoms with E-state index in [4.69, 9.17) is 4.74 Å². The summed E-state index contributed by atoms with van der Waals surface area (Å²) in [5.74, 6) is -0.148. The predicted octanol–water partition coefficient (Wildman–Crippen LogP) is 1.84. The Morgan fingerprint density at radius 1 is 0.939 bits per heavy atom. The monoisotopic (exact) mass is 496 g/mol. The number of amides is 1. The molecule has 11 heteroatoms. The molecule has 2 aromatic carbocycles. The first-order chi connectivity index (χ1) is 15.3. The number of ketones is 1. The van der Waals surface area contributed by atoms with Gasteiger partial charge in [0.25, 0.3) is 0 Å². The molecule has 0 fully saturated rings. The number of Topliss-reactive ketones (excluding diaryl/α,β-unsaturated/α-hetero) is 1. The van der Waals surface area contributed by atoms with Crippen molar-refractivity contribution in [2.45, 2.75) is 23.1 Å². The number of sulfonamides is 1. The summed E-state index contributed by atoms with van der Waals surface area (Å²) in [6.45, 7) is 1.62. The van der Waals surface area contributed by atoms with Crippen LogP contribution in [0, 0.1) is 0 Å². The van der Waals surface area contributed by atoms with E-state index < -0.39 is 19.9 Å². The molecule has 0 radical (unpaired) electrons. The number of hydrogen-bond acceptors (Lipinski definition) is 7. The minimum atomic E-state index is -3.89. The minimum absolute atomic E-state index is 0.00447. The molecular formula is C22H28N2O7S2. The molecule has 0 bridgehead atoms. The Bertz CT molecular complexity index is 1210. The van der Waals surface area contributed by atoms with Crippen molar-refractivity contribution < 1.29 is 31.2 Å². The molecule has 33 heavy (non-hydrogen) atoms. The van der Waals surface area contributed by atoms with E-state index in [-0.39, 0.29) is 34.6 Å². The van der Waals surface area contributed by atoms with Crippen molar-refractivity contribution >= 4 is 31.6 Å². The molecule has 2 rings (SSSR count). The van der Waals surface area contributed by atoms with E-state index >= 15 is 0 Å². The Morgan fingerprint density at radius 3 is 2.15 bits per heavy atom. The normalized spacial score (nSPS) is 11.9. The smallest absolute Gasteiger partial charge is 0.243 e. The zero-order valence-corrected chi connectivity index (χ0v) is 20.6. The van der Waals surface area contributed by atoms with Crippen LogP contribution in [0.3, 0.4) is 0 Å². The number of ether oxygens (including phenoxy) is 1. The first kappa shape index (κ1) is 26.5. The van der Waals surface area contributed by atoms with Crippen LogP contribution < -0.4 is 4.74 Å². The van der Waals surface area contributed by atoms with Crippen LogP contribution in [0.25, 0.3) is 0 Å². The summed E-state index contributed by atoms with van der Waals surface area (Å²) in [6, 6.07) is 11.7. The predicted molar refractivity (Wildman–Crippen MR) is 124 cm³/mol. The second kappa shape index (κ2) is 10.9. The summed E-state index contributed by atoms with van der Waals surface area (Å²) in [6.07, 6.45) is 1.58. The number of benzene rings is 2. The molecular weight excluding hydrogens is 468 g/mol. The van der Waals surface area contributed by atoms with E-state index in [1.54, 1.807) is 19.2 Å². The molecule has 0 N–H and O–H groups in total. The van der Waals surface area contributed by atoms with Crippen LogP contribution in [0.15, 0.2) is 58.3 Å². The van der Waals surface area contributed by atoms with Crippen LogP contribution in [-0.2, 0) is 24.7 Å². The first-order valence-corrected chi connectivity index (χ1v) is 13.4. The number of nitrogens with zero attached hydrogens (tertiary/aromatic N) is 2. The van der Waals surface area contributed by atoms with Gasteiger partial charge in [0.05, 0.1) is 22.9 Å². The molecule has 0 atom stereocenters. The topological polar surface area (TPSA) is 118 Å². The number of carbonyl (C=O) groups excluding carboxylic acids is 2. The Balaban J connectivity index is 1.86. The molecule has 0 spiro atoms. The van der Waals surface area contributed by atoms with Gasteiger partial charge in [0, 0.05) is 32.5 Å². The molecule has 0 saturated carbocycles. The standard InChI is InChI=1S/C22H28N2O7S2/c1-17(25)18-9-11-20(12-10-18)33(29,30)24(3)16-22(26)23(2)13-6-14-31-19-7-5-8-21(15-19)32(4,27)28/h5,7-12,15H,6,13-14,16H2,1-4H3. The molecule has 9 nitrogen and oxygen atoms in total. The molecule has 0 heterocycles. The van der Waals surface area contributed by atoms with Gasteiger partial charge in [0.15, 0.2) is 15.6 Å². The van der Waals surface area contributed by atoms with Gasteiger partial charge < -0.3 is 9.64 Å². The van der Waals surface area contributed by atoms with Crippen molar-refractivity contribution in [3.63, 3.8) is 0 Å². The van der Waals surface area contributed by atoms with Crippen molar-refractivity contribution in [3.05, 3.63) is 54.1 Å². The van der Waals surface area contributed by atoms with E-state index in [0.29, 0.717) is 24.3 Å². The third-order valence-corrected chi connectivity index (χ3v) is 7.82. The van der Waals surface area contributed by atoms with Gasteiger partial charge in [-0.05, 0) is 43.7 Å². The Hall–Kier alpha value is -2.76. The highest BCUT2D eigenvalue weighted by molar-refractivity contribution is 7.90. The number of hydrogen-bond donors (Lipinski definition) is 0. The van der Waals surface area contributed by atoms with Crippen LogP contribution in [0.4, 0.5) is 0 Å². The van der Waals surface area contributed by atoms with Gasteiger partial charge in [-0.25, -0.2) is 16.8 Å². The van der Waals surface area contributed by atoms with E-state index in [1.165, 1.54) is 55.3 Å². The molecule has 0 saturated heterocycles. The lowest BCUT2D eigenvalue weighted by Crippen LogP contribution is -2.39. The van der Waals surface area contributed by atoms with Crippen LogP contribution in [0.2, 0.25) is 0 Å². The molecule has 0 unspecified atom stereocenters. The maximum atomic E-state index is 12.7. The van der Waals surface area contributed by atoms with Crippen molar-refractivity contribution in [2.75, 3.05) is 40.0 Å². The summed E-state index contributed by atoms with van der Waals surface area (Å²) < 4.78 is 55.1. The zero-order chi connectivity index (χ0) is 24.8. The highest BCUT2D eigenvalue weighted by Crippen LogP contribution is 2.18. The lowest BCUT2D eigenvalue weighted by molar-refractivity contribution is -0.130. The number of carbonyl (C=O) groups is 2. The van der Waals surface area contributed by atoms with E-state index in [2.05, 4.69) is 0 Å². The van der Waals surface area contributed by atoms with Crippen molar-refractivity contribution in [3.8, 4) is 5.75 Å². The Kier molecular flexibility index (Phi) is 8.76. The van der Waals surface area contributed by atoms with Gasteiger partial charge in [-0.1, -0.05) is 18.2 Å². The van der Waals surface area contributed by atoms with Crippen LogP contribution in [0.5, 0.6) is 5.75 Å². The van der Waals surface area contributed by atoms with Gasteiger partial charge in [0.1, 0.15) is 5.75 Å². The lowest BCUT2D eigenvalue weighted by atomic mass is 10.2. The Labute approximate surface area is 194 Å². The second-order valence-electron chi connectivity index (χ2n) is 7.61. The summed E-state index contributed by atoms with van der Waals surface area (Å²) in [5.41, 5.74) is 0.401. The molecule has 0 aliphatic heterocycles. The highest BCUT2D eigenvalue weighted by atomic mass is 32.2. The van der Waals surface area contributed by atoms with Crippen LogP contribution >= 0.6 is 0 Å². The minimum Gasteiger partial charge on any atom is -0.493 e. The third kappa shape index (κ3) is 7.37.